The van der Waals surface area contributed by atoms with Crippen molar-refractivity contribution in [2.75, 3.05) is 13.2 Å². The van der Waals surface area contributed by atoms with E-state index in [1.165, 1.54) is 0 Å². The summed E-state index contributed by atoms with van der Waals surface area (Å²) < 4.78 is 33.2. The summed E-state index contributed by atoms with van der Waals surface area (Å²) >= 11 is 16.2. The van der Waals surface area contributed by atoms with Crippen LogP contribution in [0.1, 0.15) is 32.6 Å². The van der Waals surface area contributed by atoms with Gasteiger partial charge in [-0.05, 0) is 19.8 Å². The van der Waals surface area contributed by atoms with Gasteiger partial charge >= 0.3 is 16.3 Å². The molecule has 11 heteroatoms. The third-order valence-corrected chi connectivity index (χ3v) is 4.34. The zero-order chi connectivity index (χ0) is 17.0. The van der Waals surface area contributed by atoms with Crippen molar-refractivity contribution >= 4 is 56.9 Å². The SMILES string of the molecule is CCOC(=O)C1(NS(=O)(=O)OCC(Cl)(Cl)Cl)CCCCC1=O. The second kappa shape index (κ2) is 7.63. The van der Waals surface area contributed by atoms with Crippen molar-refractivity contribution in [2.45, 2.75) is 41.9 Å². The van der Waals surface area contributed by atoms with Crippen LogP contribution in [0.15, 0.2) is 0 Å². The van der Waals surface area contributed by atoms with Gasteiger partial charge in [0, 0.05) is 6.42 Å². The molecule has 128 valence electrons. The number of esters is 1. The molecule has 1 N–H and O–H groups in total. The van der Waals surface area contributed by atoms with Crippen molar-refractivity contribution in [2.24, 2.45) is 0 Å². The van der Waals surface area contributed by atoms with Crippen LogP contribution in [0.3, 0.4) is 0 Å². The van der Waals surface area contributed by atoms with E-state index in [0.29, 0.717) is 12.8 Å². The summed E-state index contributed by atoms with van der Waals surface area (Å²) in [6, 6.07) is 0. The number of hydrogen-bond acceptors (Lipinski definition) is 6. The number of ether oxygens (including phenoxy) is 1. The molecule has 1 unspecified atom stereocenters. The first-order chi connectivity index (χ1) is 10.0. The van der Waals surface area contributed by atoms with Crippen molar-refractivity contribution in [3.05, 3.63) is 0 Å². The number of halogens is 3. The molecule has 1 saturated carbocycles. The van der Waals surface area contributed by atoms with Gasteiger partial charge in [-0.3, -0.25) is 8.98 Å². The maximum Gasteiger partial charge on any atom is 0.337 e. The van der Waals surface area contributed by atoms with Gasteiger partial charge < -0.3 is 4.74 Å². The lowest BCUT2D eigenvalue weighted by atomic mass is 9.81. The summed E-state index contributed by atoms with van der Waals surface area (Å²) in [5.41, 5.74) is -1.99. The first-order valence-electron chi connectivity index (χ1n) is 6.48. The molecule has 0 aromatic carbocycles. The van der Waals surface area contributed by atoms with E-state index in [-0.39, 0.29) is 19.4 Å². The van der Waals surface area contributed by atoms with Gasteiger partial charge in [0.25, 0.3) is 0 Å². The topological polar surface area (TPSA) is 98.8 Å². The van der Waals surface area contributed by atoms with Crippen molar-refractivity contribution in [1.82, 2.24) is 4.72 Å². The van der Waals surface area contributed by atoms with Gasteiger partial charge in [-0.15, -0.1) is 0 Å². The zero-order valence-electron chi connectivity index (χ0n) is 11.7. The molecule has 0 heterocycles. The molecular formula is C11H16Cl3NO6S. The first kappa shape index (κ1) is 19.9. The highest BCUT2D eigenvalue weighted by Crippen LogP contribution is 2.29. The molecule has 7 nitrogen and oxygen atoms in total. The van der Waals surface area contributed by atoms with Crippen molar-refractivity contribution in [3.63, 3.8) is 0 Å². The predicted molar refractivity (Wildman–Crippen MR) is 81.1 cm³/mol. The van der Waals surface area contributed by atoms with E-state index < -0.39 is 38.0 Å². The molecule has 0 radical (unpaired) electrons. The lowest BCUT2D eigenvalue weighted by Crippen LogP contribution is -2.62. The summed E-state index contributed by atoms with van der Waals surface area (Å²) in [6.07, 6.45) is 1.10. The van der Waals surface area contributed by atoms with Crippen LogP contribution in [0, 0.1) is 0 Å². The molecule has 0 aromatic rings. The third-order valence-electron chi connectivity index (χ3n) is 2.98. The lowest BCUT2D eigenvalue weighted by Gasteiger charge is -2.33. The normalized spacial score (nSPS) is 23.4. The number of carbonyl (C=O) groups excluding carboxylic acids is 2. The summed E-state index contributed by atoms with van der Waals surface area (Å²) in [4.78, 5) is 24.3. The van der Waals surface area contributed by atoms with Gasteiger partial charge in [0.15, 0.2) is 11.3 Å². The Morgan fingerprint density at radius 2 is 2.00 bits per heavy atom. The Labute approximate surface area is 143 Å². The lowest BCUT2D eigenvalue weighted by molar-refractivity contribution is -0.156. The van der Waals surface area contributed by atoms with E-state index in [1.807, 2.05) is 4.72 Å². The van der Waals surface area contributed by atoms with Crippen LogP contribution < -0.4 is 4.72 Å². The van der Waals surface area contributed by atoms with Crippen LogP contribution in [0.5, 0.6) is 0 Å². The molecule has 1 rings (SSSR count). The summed E-state index contributed by atoms with van der Waals surface area (Å²) in [6.45, 7) is 0.789. The molecule has 0 aliphatic heterocycles. The molecule has 0 aromatic heterocycles. The minimum atomic E-state index is -4.49. The highest BCUT2D eigenvalue weighted by atomic mass is 35.6. The third kappa shape index (κ3) is 5.50. The van der Waals surface area contributed by atoms with E-state index in [0.717, 1.165) is 0 Å². The summed E-state index contributed by atoms with van der Waals surface area (Å²) in [7, 11) is -4.49. The number of nitrogens with one attached hydrogen (secondary N) is 1. The highest BCUT2D eigenvalue weighted by molar-refractivity contribution is 7.84. The zero-order valence-corrected chi connectivity index (χ0v) is 14.8. The second-order valence-corrected chi connectivity index (χ2v) is 8.55. The van der Waals surface area contributed by atoms with Crippen LogP contribution in [0.4, 0.5) is 0 Å². The first-order valence-corrected chi connectivity index (χ1v) is 9.02. The number of carbonyl (C=O) groups is 2. The number of rotatable bonds is 6. The Balaban J connectivity index is 2.98. The number of alkyl halides is 3. The molecule has 1 aliphatic carbocycles. The maximum atomic E-state index is 12.1. The molecule has 0 spiro atoms. The Bertz CT molecular complexity index is 532. The monoisotopic (exact) mass is 395 g/mol. The Hall–Kier alpha value is -0.120. The van der Waals surface area contributed by atoms with Crippen LogP contribution in [0.25, 0.3) is 0 Å². The Morgan fingerprint density at radius 3 is 2.50 bits per heavy atom. The fourth-order valence-electron chi connectivity index (χ4n) is 2.04. The fraction of sp³-hybridized carbons (Fsp3) is 0.818. The molecule has 1 atom stereocenters. The summed E-state index contributed by atoms with van der Waals surface area (Å²) in [5.74, 6) is -1.53. The largest absolute Gasteiger partial charge is 0.464 e. The summed E-state index contributed by atoms with van der Waals surface area (Å²) in [5, 5.41) is 0. The molecule has 1 aliphatic rings. The van der Waals surface area contributed by atoms with Gasteiger partial charge in [-0.25, -0.2) is 4.79 Å². The van der Waals surface area contributed by atoms with Crippen LogP contribution in [-0.4, -0.2) is 42.7 Å². The van der Waals surface area contributed by atoms with Gasteiger partial charge in [0.1, 0.15) is 6.61 Å². The fourth-order valence-corrected chi connectivity index (χ4v) is 3.51. The van der Waals surface area contributed by atoms with Crippen LogP contribution in [-0.2, 0) is 28.8 Å². The Morgan fingerprint density at radius 1 is 1.36 bits per heavy atom. The van der Waals surface area contributed by atoms with E-state index >= 15 is 0 Å². The van der Waals surface area contributed by atoms with Crippen LogP contribution in [0.2, 0.25) is 0 Å². The minimum Gasteiger partial charge on any atom is -0.464 e. The maximum absolute atomic E-state index is 12.1. The van der Waals surface area contributed by atoms with E-state index in [4.69, 9.17) is 39.5 Å². The smallest absolute Gasteiger partial charge is 0.337 e. The molecule has 0 saturated heterocycles. The van der Waals surface area contributed by atoms with Gasteiger partial charge in [0.05, 0.1) is 6.61 Å². The van der Waals surface area contributed by atoms with Gasteiger partial charge in [-0.1, -0.05) is 41.2 Å². The van der Waals surface area contributed by atoms with Crippen LogP contribution >= 0.6 is 34.8 Å². The second-order valence-electron chi connectivity index (χ2n) is 4.69. The van der Waals surface area contributed by atoms with E-state index in [2.05, 4.69) is 4.18 Å². The number of Topliss-reactive ketones (excluding diaryl/α,β-unsaturated/α-hetero) is 1. The van der Waals surface area contributed by atoms with Gasteiger partial charge in [0.2, 0.25) is 3.79 Å². The molecule has 22 heavy (non-hydrogen) atoms. The molecule has 0 bridgehead atoms. The number of ketones is 1. The van der Waals surface area contributed by atoms with E-state index in [9.17, 15) is 18.0 Å². The standard InChI is InChI=1S/C11H16Cl3NO6S/c1-2-20-9(17)10(6-4-3-5-8(10)16)15-22(18,19)21-7-11(12,13)14/h15H,2-7H2,1H3. The number of hydrogen-bond donors (Lipinski definition) is 1. The average molecular weight is 397 g/mol. The Kier molecular flexibility index (Phi) is 6.91. The molecular weight excluding hydrogens is 381 g/mol. The quantitative estimate of drug-likeness (QED) is 0.416. The average Bonchev–Trinajstić information content (AvgIpc) is 2.39. The van der Waals surface area contributed by atoms with Crippen molar-refractivity contribution in [1.29, 1.82) is 0 Å². The predicted octanol–water partition coefficient (Wildman–Crippen LogP) is 1.65. The van der Waals surface area contributed by atoms with Crippen molar-refractivity contribution in [3.8, 4) is 0 Å². The van der Waals surface area contributed by atoms with E-state index in [1.54, 1.807) is 6.92 Å². The molecule has 0 amide bonds. The van der Waals surface area contributed by atoms with Crippen molar-refractivity contribution < 1.29 is 26.9 Å². The highest BCUT2D eigenvalue weighted by Gasteiger charge is 2.51. The molecule has 1 fully saturated rings. The minimum absolute atomic E-state index is 0.00456. The van der Waals surface area contributed by atoms with Gasteiger partial charge in [-0.2, -0.15) is 13.1 Å².